The highest BCUT2D eigenvalue weighted by molar-refractivity contribution is 7.92. The normalized spacial score (nSPS) is 12.0. The van der Waals surface area contributed by atoms with E-state index in [1.165, 1.54) is 18.0 Å². The zero-order valence-electron chi connectivity index (χ0n) is 16.6. The van der Waals surface area contributed by atoms with Gasteiger partial charge in [0.05, 0.1) is 20.6 Å². The molecule has 2 N–H and O–H groups in total. The number of benzene rings is 2. The number of likely N-dealkylation sites (N-methyl/N-ethyl adjacent to an activating group) is 1. The minimum Gasteiger partial charge on any atom is -0.351 e. The van der Waals surface area contributed by atoms with E-state index in [-0.39, 0.29) is 12.5 Å². The second-order valence-corrected chi connectivity index (χ2v) is 8.87. The molecule has 7 heteroatoms. The number of rotatable bonds is 9. The maximum atomic E-state index is 12.3. The molecular formula is C21H28N3O3S+. The minimum atomic E-state index is -3.67. The van der Waals surface area contributed by atoms with Crippen molar-refractivity contribution in [3.63, 3.8) is 0 Å². The van der Waals surface area contributed by atoms with Gasteiger partial charge in [-0.2, -0.15) is 4.31 Å². The van der Waals surface area contributed by atoms with Crippen LogP contribution in [0.4, 0.5) is 0 Å². The van der Waals surface area contributed by atoms with Crippen LogP contribution in [0.2, 0.25) is 0 Å². The maximum absolute atomic E-state index is 12.3. The molecule has 6 nitrogen and oxygen atoms in total. The molecule has 0 aromatic heterocycles. The lowest BCUT2D eigenvalue weighted by Gasteiger charge is -2.16. The van der Waals surface area contributed by atoms with Crippen LogP contribution >= 0.6 is 0 Å². The number of hydrogen-bond donors (Lipinski definition) is 2. The van der Waals surface area contributed by atoms with Crippen molar-refractivity contribution in [2.75, 3.05) is 27.7 Å². The molecule has 0 radical (unpaired) electrons. The molecule has 0 atom stereocenters. The Morgan fingerprint density at radius 1 is 1.04 bits per heavy atom. The van der Waals surface area contributed by atoms with Gasteiger partial charge in [0, 0.05) is 24.6 Å². The van der Waals surface area contributed by atoms with E-state index < -0.39 is 10.0 Å². The van der Waals surface area contributed by atoms with Gasteiger partial charge in [-0.15, -0.1) is 0 Å². The second-order valence-electron chi connectivity index (χ2n) is 6.94. The summed E-state index contributed by atoms with van der Waals surface area (Å²) in [6, 6.07) is 17.1. The van der Waals surface area contributed by atoms with E-state index in [0.717, 1.165) is 32.9 Å². The van der Waals surface area contributed by atoms with Crippen molar-refractivity contribution >= 4 is 22.0 Å². The molecule has 0 spiro atoms. The summed E-state index contributed by atoms with van der Waals surface area (Å²) >= 11 is 0. The molecule has 2 aromatic rings. The highest BCUT2D eigenvalue weighted by Gasteiger charge is 2.18. The lowest BCUT2D eigenvalue weighted by Crippen LogP contribution is -3.04. The summed E-state index contributed by atoms with van der Waals surface area (Å²) in [5, 5.41) is 3.93. The number of nitrogens with zero attached hydrogens (tertiary/aromatic N) is 1. The van der Waals surface area contributed by atoms with Crippen molar-refractivity contribution in [2.45, 2.75) is 13.1 Å². The van der Waals surface area contributed by atoms with E-state index in [4.69, 9.17) is 0 Å². The monoisotopic (exact) mass is 402 g/mol. The highest BCUT2D eigenvalue weighted by atomic mass is 32.2. The number of nitrogens with one attached hydrogen (secondary N) is 2. The van der Waals surface area contributed by atoms with Crippen LogP contribution in [-0.2, 0) is 27.9 Å². The van der Waals surface area contributed by atoms with Crippen LogP contribution in [0.5, 0.6) is 0 Å². The molecule has 0 aliphatic heterocycles. The van der Waals surface area contributed by atoms with Crippen molar-refractivity contribution in [3.05, 3.63) is 76.7 Å². The fraction of sp³-hybridized carbons (Fsp3) is 0.286. The molecule has 0 saturated carbocycles. The predicted molar refractivity (Wildman–Crippen MR) is 112 cm³/mol. The molecule has 0 heterocycles. The summed E-state index contributed by atoms with van der Waals surface area (Å²) in [6.45, 7) is 0.989. The summed E-state index contributed by atoms with van der Waals surface area (Å²) in [4.78, 5) is 13.5. The Kier molecular flexibility index (Phi) is 7.92. The summed E-state index contributed by atoms with van der Waals surface area (Å²) in [5.41, 5.74) is 2.98. The van der Waals surface area contributed by atoms with Gasteiger partial charge in [0.15, 0.2) is 0 Å². The van der Waals surface area contributed by atoms with Gasteiger partial charge in [-0.25, -0.2) is 8.42 Å². The smallest absolute Gasteiger partial charge is 0.236 e. The molecule has 0 unspecified atom stereocenters. The number of carbonyl (C=O) groups excluding carboxylic acids is 1. The lowest BCUT2D eigenvalue weighted by molar-refractivity contribution is -0.872. The Balaban J connectivity index is 1.93. The van der Waals surface area contributed by atoms with Crippen LogP contribution in [0, 0.1) is 0 Å². The van der Waals surface area contributed by atoms with Crippen molar-refractivity contribution in [1.82, 2.24) is 9.62 Å². The Labute approximate surface area is 167 Å². The molecule has 1 amide bonds. The van der Waals surface area contributed by atoms with E-state index in [1.807, 2.05) is 54.6 Å². The van der Waals surface area contributed by atoms with Gasteiger partial charge in [-0.05, 0) is 17.2 Å². The van der Waals surface area contributed by atoms with Crippen molar-refractivity contribution in [2.24, 2.45) is 0 Å². The summed E-state index contributed by atoms with van der Waals surface area (Å²) < 4.78 is 25.7. The van der Waals surface area contributed by atoms with E-state index in [2.05, 4.69) is 19.4 Å². The fourth-order valence-corrected chi connectivity index (χ4v) is 3.49. The van der Waals surface area contributed by atoms with Gasteiger partial charge in [0.1, 0.15) is 6.54 Å². The first-order chi connectivity index (χ1) is 13.3. The number of amides is 1. The second kappa shape index (κ2) is 10.2. The maximum Gasteiger partial charge on any atom is 0.236 e. The fourth-order valence-electron chi connectivity index (χ4n) is 2.66. The molecule has 28 heavy (non-hydrogen) atoms. The predicted octanol–water partition coefficient (Wildman–Crippen LogP) is 0.880. The molecular weight excluding hydrogens is 374 g/mol. The van der Waals surface area contributed by atoms with Crippen LogP contribution < -0.4 is 10.2 Å². The van der Waals surface area contributed by atoms with Crippen molar-refractivity contribution in [3.8, 4) is 0 Å². The summed E-state index contributed by atoms with van der Waals surface area (Å²) in [6.07, 6.45) is 1.52. The van der Waals surface area contributed by atoms with Gasteiger partial charge in [-0.3, -0.25) is 4.79 Å². The average Bonchev–Trinajstić information content (AvgIpc) is 2.66. The summed E-state index contributed by atoms with van der Waals surface area (Å²) in [7, 11) is 1.86. The van der Waals surface area contributed by atoms with Gasteiger partial charge in [-0.1, -0.05) is 54.6 Å². The molecule has 0 aliphatic rings. The molecule has 2 aromatic carbocycles. The lowest BCUT2D eigenvalue weighted by atomic mass is 10.1. The van der Waals surface area contributed by atoms with Crippen LogP contribution in [0.1, 0.15) is 16.7 Å². The third kappa shape index (κ3) is 6.92. The minimum absolute atomic E-state index is 0.234. The topological polar surface area (TPSA) is 70.9 Å². The van der Waals surface area contributed by atoms with Gasteiger partial charge in [0.25, 0.3) is 0 Å². The molecule has 0 bridgehead atoms. The van der Waals surface area contributed by atoms with Crippen molar-refractivity contribution in [1.29, 1.82) is 0 Å². The van der Waals surface area contributed by atoms with E-state index in [1.54, 1.807) is 0 Å². The Bertz CT molecular complexity index is 910. The Morgan fingerprint density at radius 3 is 2.29 bits per heavy atom. The quantitative estimate of drug-likeness (QED) is 0.654. The molecule has 0 fully saturated rings. The third-order valence-corrected chi connectivity index (χ3v) is 5.65. The first-order valence-corrected chi connectivity index (χ1v) is 10.6. The number of quaternary nitrogens is 1. The van der Waals surface area contributed by atoms with Crippen LogP contribution in [0.3, 0.4) is 0 Å². The summed E-state index contributed by atoms with van der Waals surface area (Å²) in [5.74, 6) is -0.341. The van der Waals surface area contributed by atoms with Gasteiger partial charge >= 0.3 is 0 Å². The van der Waals surface area contributed by atoms with E-state index in [0.29, 0.717) is 6.54 Å². The number of hydrogen-bond acceptors (Lipinski definition) is 3. The first kappa shape index (κ1) is 21.8. The third-order valence-electron chi connectivity index (χ3n) is 4.17. The number of carbonyl (C=O) groups is 1. The Hall–Kier alpha value is -2.48. The van der Waals surface area contributed by atoms with Crippen molar-refractivity contribution < 1.29 is 18.1 Å². The van der Waals surface area contributed by atoms with Gasteiger partial charge in [0.2, 0.25) is 15.9 Å². The first-order valence-electron chi connectivity index (χ1n) is 9.10. The van der Waals surface area contributed by atoms with E-state index in [9.17, 15) is 13.2 Å². The Morgan fingerprint density at radius 2 is 1.64 bits per heavy atom. The average molecular weight is 403 g/mol. The zero-order chi connectivity index (χ0) is 20.6. The SMILES string of the molecule is CN(CC(=O)NCc1ccccc1C[NH+](C)C)S(=O)(=O)/C=C/c1ccccc1. The molecule has 0 saturated heterocycles. The number of sulfonamides is 1. The highest BCUT2D eigenvalue weighted by Crippen LogP contribution is 2.08. The van der Waals surface area contributed by atoms with Crippen LogP contribution in [0.15, 0.2) is 60.0 Å². The zero-order valence-corrected chi connectivity index (χ0v) is 17.4. The molecule has 2 rings (SSSR count). The molecule has 150 valence electrons. The van der Waals surface area contributed by atoms with Gasteiger partial charge < -0.3 is 10.2 Å². The van der Waals surface area contributed by atoms with Crippen LogP contribution in [-0.4, -0.2) is 46.3 Å². The van der Waals surface area contributed by atoms with Crippen LogP contribution in [0.25, 0.3) is 6.08 Å². The largest absolute Gasteiger partial charge is 0.351 e. The molecule has 0 aliphatic carbocycles. The van der Waals surface area contributed by atoms with E-state index >= 15 is 0 Å². The standard InChI is InChI=1S/C21H27N3O3S/c1-23(2)16-20-12-8-7-11-19(20)15-22-21(25)17-24(3)28(26,27)14-13-18-9-5-4-6-10-18/h4-14H,15-17H2,1-3H3,(H,22,25)/p+1/b14-13+.